The summed E-state index contributed by atoms with van der Waals surface area (Å²) in [7, 11) is -3.78. The third-order valence-corrected chi connectivity index (χ3v) is 6.69. The van der Waals surface area contributed by atoms with Crippen molar-refractivity contribution in [2.45, 2.75) is 48.7 Å². The molecule has 0 spiro atoms. The highest BCUT2D eigenvalue weighted by Gasteiger charge is 2.26. The van der Waals surface area contributed by atoms with Crippen molar-refractivity contribution in [1.29, 1.82) is 0 Å². The molecule has 142 valence electrons. The minimum atomic E-state index is -3.78. The van der Waals surface area contributed by atoms with Gasteiger partial charge in [-0.25, -0.2) is 13.1 Å². The lowest BCUT2D eigenvalue weighted by Gasteiger charge is -2.18. The highest BCUT2D eigenvalue weighted by Crippen LogP contribution is 2.36. The van der Waals surface area contributed by atoms with Crippen molar-refractivity contribution in [2.24, 2.45) is 0 Å². The van der Waals surface area contributed by atoms with Crippen LogP contribution >= 0.6 is 11.8 Å². The van der Waals surface area contributed by atoms with Gasteiger partial charge in [-0.2, -0.15) is 4.31 Å². The summed E-state index contributed by atoms with van der Waals surface area (Å²) in [5.74, 6) is 0. The maximum Gasteiger partial charge on any atom is 0.284 e. The highest BCUT2D eigenvalue weighted by atomic mass is 32.2. The molecule has 0 aliphatic rings. The summed E-state index contributed by atoms with van der Waals surface area (Å²) in [4.78, 5) is 11.0. The minimum absolute atomic E-state index is 0.0196. The van der Waals surface area contributed by atoms with Gasteiger partial charge < -0.3 is 0 Å². The lowest BCUT2D eigenvalue weighted by atomic mass is 10.3. The van der Waals surface area contributed by atoms with Crippen LogP contribution in [0.2, 0.25) is 0 Å². The van der Waals surface area contributed by atoms with Crippen LogP contribution in [0.25, 0.3) is 0 Å². The number of nitro groups is 1. The standard InChI is InChI=1S/C14H20N6O4S2/c1-5-18(6-2)26(23,24)11-7-8-13(12(9-11)20(21)22)25-14-15-16-17-19(14)10(3)4/h7-10H,5-6H2,1-4H3. The fourth-order valence-corrected chi connectivity index (χ4v) is 4.74. The molecule has 12 heteroatoms. The third kappa shape index (κ3) is 4.02. The normalized spacial score (nSPS) is 12.1. The third-order valence-electron chi connectivity index (χ3n) is 3.62. The van der Waals surface area contributed by atoms with Crippen LogP contribution in [0.15, 0.2) is 33.1 Å². The molecule has 0 saturated carbocycles. The Morgan fingerprint density at radius 2 is 1.96 bits per heavy atom. The fraction of sp³-hybridized carbons (Fsp3) is 0.500. The molecule has 1 aromatic heterocycles. The molecule has 0 N–H and O–H groups in total. The predicted molar refractivity (Wildman–Crippen MR) is 95.5 cm³/mol. The van der Waals surface area contributed by atoms with Crippen LogP contribution in [0.5, 0.6) is 0 Å². The molecule has 26 heavy (non-hydrogen) atoms. The van der Waals surface area contributed by atoms with E-state index in [9.17, 15) is 18.5 Å². The predicted octanol–water partition coefficient (Wildman–Crippen LogP) is 2.34. The smallest absolute Gasteiger partial charge is 0.258 e. The van der Waals surface area contributed by atoms with Crippen molar-refractivity contribution in [3.63, 3.8) is 0 Å². The first-order valence-electron chi connectivity index (χ1n) is 7.96. The van der Waals surface area contributed by atoms with E-state index in [1.54, 1.807) is 13.8 Å². The molecule has 0 amide bonds. The topological polar surface area (TPSA) is 124 Å². The van der Waals surface area contributed by atoms with E-state index in [0.29, 0.717) is 5.16 Å². The van der Waals surface area contributed by atoms with Gasteiger partial charge in [0.05, 0.1) is 20.8 Å². The summed E-state index contributed by atoms with van der Waals surface area (Å²) in [6.45, 7) is 7.76. The minimum Gasteiger partial charge on any atom is -0.258 e. The number of nitro benzene ring substituents is 1. The van der Waals surface area contributed by atoms with Crippen molar-refractivity contribution >= 4 is 27.5 Å². The van der Waals surface area contributed by atoms with Crippen molar-refractivity contribution in [1.82, 2.24) is 24.5 Å². The van der Waals surface area contributed by atoms with Gasteiger partial charge >= 0.3 is 0 Å². The van der Waals surface area contributed by atoms with Crippen LogP contribution in [0.3, 0.4) is 0 Å². The average molecular weight is 400 g/mol. The Bertz CT molecular complexity index is 893. The zero-order valence-corrected chi connectivity index (χ0v) is 16.5. The Hall–Kier alpha value is -2.05. The summed E-state index contributed by atoms with van der Waals surface area (Å²) in [6, 6.07) is 3.85. The number of tetrazole rings is 1. The Kier molecular flexibility index (Phi) is 6.31. The highest BCUT2D eigenvalue weighted by molar-refractivity contribution is 7.99. The molecule has 1 heterocycles. The van der Waals surface area contributed by atoms with Gasteiger partial charge in [0.15, 0.2) is 0 Å². The SMILES string of the molecule is CCN(CC)S(=O)(=O)c1ccc(Sc2nnnn2C(C)C)c([N+](=O)[O-])c1. The molecule has 2 aromatic rings. The molecule has 0 saturated heterocycles. The van der Waals surface area contributed by atoms with E-state index < -0.39 is 14.9 Å². The van der Waals surface area contributed by atoms with Gasteiger partial charge in [0.2, 0.25) is 15.2 Å². The van der Waals surface area contributed by atoms with Crippen LogP contribution in [0, 0.1) is 10.1 Å². The average Bonchev–Trinajstić information content (AvgIpc) is 3.04. The molecule has 0 fully saturated rings. The second kappa shape index (κ2) is 8.10. The van der Waals surface area contributed by atoms with Crippen molar-refractivity contribution in [3.8, 4) is 0 Å². The van der Waals surface area contributed by atoms with Crippen LogP contribution in [-0.4, -0.2) is 50.9 Å². The number of sulfonamides is 1. The maximum atomic E-state index is 12.6. The molecule has 0 bridgehead atoms. The Balaban J connectivity index is 2.47. The lowest BCUT2D eigenvalue weighted by Crippen LogP contribution is -2.30. The molecule has 0 unspecified atom stereocenters. The van der Waals surface area contributed by atoms with Gasteiger partial charge in [-0.3, -0.25) is 10.1 Å². The fourth-order valence-electron chi connectivity index (χ4n) is 2.27. The number of aromatic nitrogens is 4. The molecule has 10 nitrogen and oxygen atoms in total. The Labute approximate surface area is 155 Å². The van der Waals surface area contributed by atoms with E-state index >= 15 is 0 Å². The molecule has 1 aromatic carbocycles. The Morgan fingerprint density at radius 3 is 2.50 bits per heavy atom. The summed E-state index contributed by atoms with van der Waals surface area (Å²) in [5.41, 5.74) is -0.304. The maximum absolute atomic E-state index is 12.6. The van der Waals surface area contributed by atoms with Crippen LogP contribution in [-0.2, 0) is 10.0 Å². The van der Waals surface area contributed by atoms with Crippen molar-refractivity contribution < 1.29 is 13.3 Å². The summed E-state index contributed by atoms with van der Waals surface area (Å²) >= 11 is 1.02. The number of hydrogen-bond donors (Lipinski definition) is 0. The van der Waals surface area contributed by atoms with E-state index in [-0.39, 0.29) is 34.6 Å². The number of benzene rings is 1. The van der Waals surface area contributed by atoms with E-state index in [1.807, 2.05) is 13.8 Å². The largest absolute Gasteiger partial charge is 0.284 e. The van der Waals surface area contributed by atoms with Crippen LogP contribution in [0.4, 0.5) is 5.69 Å². The molecule has 2 rings (SSSR count). The monoisotopic (exact) mass is 400 g/mol. The van der Waals surface area contributed by atoms with Crippen molar-refractivity contribution in [2.75, 3.05) is 13.1 Å². The zero-order valence-electron chi connectivity index (χ0n) is 14.9. The molecule has 0 aliphatic heterocycles. The molecular weight excluding hydrogens is 380 g/mol. The first kappa shape index (κ1) is 20.3. The van der Waals surface area contributed by atoms with Crippen LogP contribution in [0.1, 0.15) is 33.7 Å². The van der Waals surface area contributed by atoms with E-state index in [2.05, 4.69) is 15.5 Å². The zero-order chi connectivity index (χ0) is 19.5. The van der Waals surface area contributed by atoms with Crippen LogP contribution < -0.4 is 0 Å². The first-order valence-corrected chi connectivity index (χ1v) is 10.2. The molecule has 0 aliphatic carbocycles. The van der Waals surface area contributed by atoms with Gasteiger partial charge in [-0.05, 0) is 48.2 Å². The quantitative estimate of drug-likeness (QED) is 0.488. The molecule has 0 radical (unpaired) electrons. The van der Waals surface area contributed by atoms with Gasteiger partial charge in [0.25, 0.3) is 5.69 Å². The first-order chi connectivity index (χ1) is 12.2. The van der Waals surface area contributed by atoms with Gasteiger partial charge in [-0.1, -0.05) is 13.8 Å². The second-order valence-corrected chi connectivity index (χ2v) is 8.52. The second-order valence-electron chi connectivity index (χ2n) is 5.58. The molecule has 0 atom stereocenters. The lowest BCUT2D eigenvalue weighted by molar-refractivity contribution is -0.388. The Morgan fingerprint density at radius 1 is 1.31 bits per heavy atom. The number of nitrogens with zero attached hydrogens (tertiary/aromatic N) is 6. The number of rotatable bonds is 8. The molecular formula is C14H20N6O4S2. The van der Waals surface area contributed by atoms with E-state index in [1.165, 1.54) is 21.1 Å². The summed E-state index contributed by atoms with van der Waals surface area (Å²) in [5, 5.41) is 23.2. The van der Waals surface area contributed by atoms with Gasteiger partial charge in [-0.15, -0.1) is 5.10 Å². The van der Waals surface area contributed by atoms with Gasteiger partial charge in [0.1, 0.15) is 0 Å². The van der Waals surface area contributed by atoms with E-state index in [0.717, 1.165) is 17.8 Å². The summed E-state index contributed by atoms with van der Waals surface area (Å²) < 4.78 is 28.0. The summed E-state index contributed by atoms with van der Waals surface area (Å²) in [6.07, 6.45) is 0. The van der Waals surface area contributed by atoms with Gasteiger partial charge in [0, 0.05) is 19.2 Å². The van der Waals surface area contributed by atoms with Crippen molar-refractivity contribution in [3.05, 3.63) is 28.3 Å². The number of hydrogen-bond acceptors (Lipinski definition) is 8. The van der Waals surface area contributed by atoms with E-state index in [4.69, 9.17) is 0 Å².